The summed E-state index contributed by atoms with van der Waals surface area (Å²) >= 11 is 5.58. The van der Waals surface area contributed by atoms with Crippen molar-refractivity contribution in [2.45, 2.75) is 12.3 Å². The van der Waals surface area contributed by atoms with Gasteiger partial charge in [-0.2, -0.15) is 0 Å². The molecule has 0 aliphatic carbocycles. The lowest BCUT2D eigenvalue weighted by Crippen LogP contribution is -1.86. The topological polar surface area (TPSA) is 35.5 Å². The van der Waals surface area contributed by atoms with E-state index in [2.05, 4.69) is 9.05 Å². The maximum Gasteiger partial charge on any atom is 0.353 e. The van der Waals surface area contributed by atoms with Gasteiger partial charge in [0.05, 0.1) is 0 Å². The molecule has 0 N–H and O–H groups in total. The van der Waals surface area contributed by atoms with Gasteiger partial charge in [-0.15, -0.1) is 11.6 Å². The highest BCUT2D eigenvalue weighted by atomic mass is 35.5. The predicted molar refractivity (Wildman–Crippen MR) is 46.1 cm³/mol. The number of hydrogen-bond donors (Lipinski definition) is 0. The zero-order valence-electron chi connectivity index (χ0n) is 6.78. The second-order valence-corrected chi connectivity index (χ2v) is 4.72. The van der Waals surface area contributed by atoms with Crippen LogP contribution in [0.1, 0.15) is 6.92 Å². The Kier molecular flexibility index (Phi) is 5.02. The van der Waals surface area contributed by atoms with Crippen LogP contribution in [-0.2, 0) is 13.6 Å². The van der Waals surface area contributed by atoms with E-state index < -0.39 is 7.60 Å². The Hall–Kier alpha value is 0.180. The lowest BCUT2D eigenvalue weighted by molar-refractivity contribution is 0.286. The molecule has 0 rings (SSSR count). The molecule has 0 aliphatic rings. The molecule has 0 amide bonds. The molecule has 0 aromatic rings. The third-order valence-corrected chi connectivity index (χ3v) is 2.74. The summed E-state index contributed by atoms with van der Waals surface area (Å²) in [5.74, 6) is 1.35. The summed E-state index contributed by atoms with van der Waals surface area (Å²) in [6, 6.07) is 0. The molecular weight excluding hydrogens is 186 g/mol. The Balaban J connectivity index is 4.19. The van der Waals surface area contributed by atoms with Gasteiger partial charge in [0, 0.05) is 25.4 Å². The van der Waals surface area contributed by atoms with Gasteiger partial charge in [-0.3, -0.25) is 4.57 Å². The average molecular weight is 199 g/mol. The Morgan fingerprint density at radius 3 is 2.18 bits per heavy atom. The zero-order chi connectivity index (χ0) is 8.91. The van der Waals surface area contributed by atoms with Crippen LogP contribution in [0.2, 0.25) is 0 Å². The Morgan fingerprint density at radius 1 is 1.45 bits per heavy atom. The summed E-state index contributed by atoms with van der Waals surface area (Å²) in [5, 5.41) is -0.173. The van der Waals surface area contributed by atoms with Crippen molar-refractivity contribution in [1.82, 2.24) is 0 Å². The summed E-state index contributed by atoms with van der Waals surface area (Å²) in [5.41, 5.74) is 0. The maximum absolute atomic E-state index is 11.3. The smallest absolute Gasteiger partial charge is 0.309 e. The van der Waals surface area contributed by atoms with Crippen LogP contribution < -0.4 is 0 Å². The third-order valence-electron chi connectivity index (χ3n) is 1.04. The van der Waals surface area contributed by atoms with E-state index in [1.807, 2.05) is 0 Å². The van der Waals surface area contributed by atoms with Crippen LogP contribution in [0, 0.1) is 0 Å². The molecule has 0 aliphatic heterocycles. The Bertz CT molecular complexity index is 171. The quantitative estimate of drug-likeness (QED) is 0.515. The first kappa shape index (κ1) is 11.2. The standard InChI is InChI=1S/C6H12ClO3P/c1-6(7)4-5-11(8,9-2)10-3/h4-6H,1-3H3/b5-4+. The van der Waals surface area contributed by atoms with Crippen molar-refractivity contribution in [3.8, 4) is 0 Å². The molecule has 5 heteroatoms. The molecule has 0 fully saturated rings. The van der Waals surface area contributed by atoms with E-state index in [4.69, 9.17) is 11.6 Å². The van der Waals surface area contributed by atoms with Crippen LogP contribution in [0.5, 0.6) is 0 Å². The van der Waals surface area contributed by atoms with Crippen molar-refractivity contribution in [3.05, 3.63) is 11.9 Å². The molecule has 1 atom stereocenters. The first-order chi connectivity index (χ1) is 5.04. The fourth-order valence-corrected chi connectivity index (χ4v) is 1.46. The van der Waals surface area contributed by atoms with Gasteiger partial charge < -0.3 is 9.05 Å². The second kappa shape index (κ2) is 4.94. The van der Waals surface area contributed by atoms with Crippen LogP contribution >= 0.6 is 19.2 Å². The van der Waals surface area contributed by atoms with Crippen molar-refractivity contribution in [1.29, 1.82) is 0 Å². The summed E-state index contributed by atoms with van der Waals surface area (Å²) in [6.07, 6.45) is 1.56. The van der Waals surface area contributed by atoms with E-state index in [9.17, 15) is 4.57 Å². The predicted octanol–water partition coefficient (Wildman–Crippen LogP) is 2.61. The fraction of sp³-hybridized carbons (Fsp3) is 0.667. The summed E-state index contributed by atoms with van der Waals surface area (Å²) < 4.78 is 20.5. The molecule has 0 radical (unpaired) electrons. The first-order valence-electron chi connectivity index (χ1n) is 3.08. The molecule has 11 heavy (non-hydrogen) atoms. The minimum atomic E-state index is -3.00. The number of allylic oxidation sites excluding steroid dienone is 1. The molecule has 0 heterocycles. The van der Waals surface area contributed by atoms with Crippen LogP contribution in [0.4, 0.5) is 0 Å². The van der Waals surface area contributed by atoms with Crippen LogP contribution in [0.25, 0.3) is 0 Å². The third kappa shape index (κ3) is 4.59. The molecule has 0 saturated carbocycles. The van der Waals surface area contributed by atoms with Gasteiger partial charge in [0.2, 0.25) is 0 Å². The number of hydrogen-bond acceptors (Lipinski definition) is 3. The normalized spacial score (nSPS) is 15.6. The van der Waals surface area contributed by atoms with Crippen molar-refractivity contribution < 1.29 is 13.6 Å². The van der Waals surface area contributed by atoms with Crippen LogP contribution in [0.3, 0.4) is 0 Å². The molecule has 0 aromatic carbocycles. The van der Waals surface area contributed by atoms with E-state index in [0.29, 0.717) is 0 Å². The van der Waals surface area contributed by atoms with E-state index in [1.54, 1.807) is 13.0 Å². The molecule has 1 unspecified atom stereocenters. The van der Waals surface area contributed by atoms with Gasteiger partial charge in [-0.1, -0.05) is 6.08 Å². The van der Waals surface area contributed by atoms with E-state index in [1.165, 1.54) is 20.0 Å². The molecule has 0 saturated heterocycles. The highest BCUT2D eigenvalue weighted by Gasteiger charge is 2.15. The van der Waals surface area contributed by atoms with E-state index in [-0.39, 0.29) is 5.38 Å². The molecule has 66 valence electrons. The summed E-state index contributed by atoms with van der Waals surface area (Å²) in [4.78, 5) is 0. The van der Waals surface area contributed by atoms with Crippen molar-refractivity contribution in [2.75, 3.05) is 14.2 Å². The average Bonchev–Trinajstić information content (AvgIpc) is 2.00. The number of alkyl halides is 1. The van der Waals surface area contributed by atoms with Gasteiger partial charge in [0.15, 0.2) is 0 Å². The van der Waals surface area contributed by atoms with Crippen LogP contribution in [0.15, 0.2) is 11.9 Å². The van der Waals surface area contributed by atoms with E-state index in [0.717, 1.165) is 0 Å². The van der Waals surface area contributed by atoms with Crippen LogP contribution in [-0.4, -0.2) is 19.6 Å². The number of halogens is 1. The van der Waals surface area contributed by atoms with Gasteiger partial charge >= 0.3 is 7.60 Å². The Morgan fingerprint density at radius 2 is 1.91 bits per heavy atom. The molecule has 0 aromatic heterocycles. The zero-order valence-corrected chi connectivity index (χ0v) is 8.43. The lowest BCUT2D eigenvalue weighted by Gasteiger charge is -2.07. The van der Waals surface area contributed by atoms with Gasteiger partial charge in [0.25, 0.3) is 0 Å². The minimum Gasteiger partial charge on any atom is -0.309 e. The monoisotopic (exact) mass is 198 g/mol. The Labute approximate surface area is 71.9 Å². The van der Waals surface area contributed by atoms with Crippen molar-refractivity contribution in [3.63, 3.8) is 0 Å². The summed E-state index contributed by atoms with van der Waals surface area (Å²) in [6.45, 7) is 1.76. The van der Waals surface area contributed by atoms with E-state index >= 15 is 0 Å². The minimum absolute atomic E-state index is 0.173. The van der Waals surface area contributed by atoms with Crippen molar-refractivity contribution >= 4 is 19.2 Å². The SMILES string of the molecule is COP(=O)(/C=C/C(C)Cl)OC. The molecule has 3 nitrogen and oxygen atoms in total. The van der Waals surface area contributed by atoms with Crippen molar-refractivity contribution in [2.24, 2.45) is 0 Å². The fourth-order valence-electron chi connectivity index (χ4n) is 0.420. The second-order valence-electron chi connectivity index (χ2n) is 1.92. The summed E-state index contributed by atoms with van der Waals surface area (Å²) in [7, 11) is -0.346. The number of rotatable bonds is 4. The highest BCUT2D eigenvalue weighted by molar-refractivity contribution is 7.57. The maximum atomic E-state index is 11.3. The van der Waals surface area contributed by atoms with Gasteiger partial charge in [-0.25, -0.2) is 0 Å². The largest absolute Gasteiger partial charge is 0.353 e. The van der Waals surface area contributed by atoms with Gasteiger partial charge in [0.1, 0.15) is 0 Å². The first-order valence-corrected chi connectivity index (χ1v) is 5.13. The lowest BCUT2D eigenvalue weighted by atomic mass is 10.5. The highest BCUT2D eigenvalue weighted by Crippen LogP contribution is 2.47. The molecular formula is C6H12ClO3P. The molecule has 0 spiro atoms. The molecule has 0 bridgehead atoms. The van der Waals surface area contributed by atoms with Gasteiger partial charge in [-0.05, 0) is 6.92 Å².